The lowest BCUT2D eigenvalue weighted by Crippen LogP contribution is -2.46. The quantitative estimate of drug-likeness (QED) is 0.744. The smallest absolute Gasteiger partial charge is 0.225 e. The van der Waals surface area contributed by atoms with Gasteiger partial charge >= 0.3 is 0 Å². The molecule has 1 heterocycles. The third-order valence-corrected chi connectivity index (χ3v) is 4.92. The number of morpholine rings is 1. The van der Waals surface area contributed by atoms with Gasteiger partial charge in [-0.25, -0.2) is 0 Å². The molecule has 5 nitrogen and oxygen atoms in total. The number of anilines is 1. The zero-order chi connectivity index (χ0) is 20.1. The Hall–Kier alpha value is -2.21. The Labute approximate surface area is 170 Å². The van der Waals surface area contributed by atoms with Gasteiger partial charge in [0.15, 0.2) is 5.78 Å². The number of hydrogen-bond acceptors (Lipinski definition) is 4. The molecule has 1 amide bonds. The molecule has 0 bridgehead atoms. The number of nitrogens with one attached hydrogen (secondary N) is 1. The Kier molecular flexibility index (Phi) is 6.83. The van der Waals surface area contributed by atoms with Gasteiger partial charge in [-0.1, -0.05) is 41.9 Å². The van der Waals surface area contributed by atoms with E-state index < -0.39 is 0 Å². The van der Waals surface area contributed by atoms with Gasteiger partial charge in [0.2, 0.25) is 5.91 Å². The zero-order valence-electron chi connectivity index (χ0n) is 16.2. The van der Waals surface area contributed by atoms with Crippen LogP contribution < -0.4 is 5.32 Å². The standard InChI is InChI=1S/C22H25ClN2O3/c1-15-13-25(14-16(2)28-15)11-10-21(26)24-20-9-8-18(23)12-19(20)22(27)17-6-4-3-5-7-17/h3-9,12,15-16H,10-11,13-14H2,1-2H3,(H,24,26)/t15-,16+. The van der Waals surface area contributed by atoms with E-state index in [9.17, 15) is 9.59 Å². The highest BCUT2D eigenvalue weighted by atomic mass is 35.5. The van der Waals surface area contributed by atoms with Gasteiger partial charge in [0.05, 0.1) is 17.9 Å². The van der Waals surface area contributed by atoms with E-state index in [1.165, 1.54) is 0 Å². The van der Waals surface area contributed by atoms with Gasteiger partial charge in [-0.15, -0.1) is 0 Å². The Morgan fingerprint density at radius 3 is 2.46 bits per heavy atom. The summed E-state index contributed by atoms with van der Waals surface area (Å²) >= 11 is 6.09. The van der Waals surface area contributed by atoms with Crippen molar-refractivity contribution >= 4 is 29.0 Å². The molecule has 1 fully saturated rings. The lowest BCUT2D eigenvalue weighted by atomic mass is 10.0. The zero-order valence-corrected chi connectivity index (χ0v) is 16.9. The summed E-state index contributed by atoms with van der Waals surface area (Å²) < 4.78 is 5.72. The van der Waals surface area contributed by atoms with Gasteiger partial charge in [0, 0.05) is 42.2 Å². The molecular weight excluding hydrogens is 376 g/mol. The summed E-state index contributed by atoms with van der Waals surface area (Å²) in [5, 5.41) is 3.33. The first kappa shape index (κ1) is 20.5. The fraction of sp³-hybridized carbons (Fsp3) is 0.364. The van der Waals surface area contributed by atoms with E-state index in [4.69, 9.17) is 16.3 Å². The minimum Gasteiger partial charge on any atom is -0.373 e. The van der Waals surface area contributed by atoms with Crippen LogP contribution in [0.4, 0.5) is 5.69 Å². The van der Waals surface area contributed by atoms with E-state index in [-0.39, 0.29) is 23.9 Å². The van der Waals surface area contributed by atoms with Crippen LogP contribution in [0.5, 0.6) is 0 Å². The molecule has 6 heteroatoms. The molecule has 1 N–H and O–H groups in total. The van der Waals surface area contributed by atoms with Crippen molar-refractivity contribution in [1.82, 2.24) is 4.90 Å². The van der Waals surface area contributed by atoms with Crippen LogP contribution in [0.2, 0.25) is 5.02 Å². The molecule has 2 aromatic rings. The number of ketones is 1. The van der Waals surface area contributed by atoms with Crippen LogP contribution >= 0.6 is 11.6 Å². The minimum atomic E-state index is -0.172. The molecule has 0 aromatic heterocycles. The number of benzene rings is 2. The summed E-state index contributed by atoms with van der Waals surface area (Å²) in [7, 11) is 0. The molecule has 2 atom stereocenters. The van der Waals surface area contributed by atoms with Crippen molar-refractivity contribution in [3.63, 3.8) is 0 Å². The lowest BCUT2D eigenvalue weighted by Gasteiger charge is -2.35. The van der Waals surface area contributed by atoms with E-state index in [1.807, 2.05) is 19.9 Å². The number of amides is 1. The normalized spacial score (nSPS) is 20.0. The Morgan fingerprint density at radius 1 is 1.11 bits per heavy atom. The number of carbonyl (C=O) groups is 2. The van der Waals surface area contributed by atoms with E-state index in [0.29, 0.717) is 34.8 Å². The van der Waals surface area contributed by atoms with E-state index >= 15 is 0 Å². The number of ether oxygens (including phenoxy) is 1. The first-order chi connectivity index (χ1) is 13.4. The van der Waals surface area contributed by atoms with Gasteiger partial charge in [-0.05, 0) is 32.0 Å². The SMILES string of the molecule is C[C@@H]1CN(CCC(=O)Nc2ccc(Cl)cc2C(=O)c2ccccc2)C[C@H](C)O1. The number of halogens is 1. The topological polar surface area (TPSA) is 58.6 Å². The second-order valence-corrected chi connectivity index (χ2v) is 7.64. The average molecular weight is 401 g/mol. The van der Waals surface area contributed by atoms with Gasteiger partial charge in [0.1, 0.15) is 0 Å². The van der Waals surface area contributed by atoms with E-state index in [2.05, 4.69) is 10.2 Å². The van der Waals surface area contributed by atoms with Crippen molar-refractivity contribution in [1.29, 1.82) is 0 Å². The Morgan fingerprint density at radius 2 is 1.79 bits per heavy atom. The van der Waals surface area contributed by atoms with Crippen LogP contribution in [0.25, 0.3) is 0 Å². The van der Waals surface area contributed by atoms with Crippen molar-refractivity contribution in [2.45, 2.75) is 32.5 Å². The van der Waals surface area contributed by atoms with Gasteiger partial charge in [-0.2, -0.15) is 0 Å². The largest absolute Gasteiger partial charge is 0.373 e. The van der Waals surface area contributed by atoms with Gasteiger partial charge in [0.25, 0.3) is 0 Å². The number of carbonyl (C=O) groups excluding carboxylic acids is 2. The maximum absolute atomic E-state index is 12.8. The Bertz CT molecular complexity index is 831. The molecule has 1 aliphatic rings. The summed E-state index contributed by atoms with van der Waals surface area (Å²) in [5.74, 6) is -0.300. The molecule has 1 saturated heterocycles. The lowest BCUT2D eigenvalue weighted by molar-refractivity contribution is -0.117. The maximum atomic E-state index is 12.8. The molecule has 0 unspecified atom stereocenters. The van der Waals surface area contributed by atoms with Crippen molar-refractivity contribution < 1.29 is 14.3 Å². The molecular formula is C22H25ClN2O3. The van der Waals surface area contributed by atoms with Gasteiger partial charge in [-0.3, -0.25) is 14.5 Å². The number of rotatable bonds is 6. The summed E-state index contributed by atoms with van der Waals surface area (Å²) in [6.45, 7) is 6.36. The predicted molar refractivity (Wildman–Crippen MR) is 111 cm³/mol. The highest BCUT2D eigenvalue weighted by Crippen LogP contribution is 2.24. The summed E-state index contributed by atoms with van der Waals surface area (Å²) in [5.41, 5.74) is 1.42. The van der Waals surface area contributed by atoms with Crippen LogP contribution in [0.1, 0.15) is 36.2 Å². The van der Waals surface area contributed by atoms with E-state index in [0.717, 1.165) is 13.1 Å². The molecule has 0 radical (unpaired) electrons. The molecule has 148 valence electrons. The predicted octanol–water partition coefficient (Wildman–Crippen LogP) is 4.01. The highest BCUT2D eigenvalue weighted by Gasteiger charge is 2.22. The molecule has 28 heavy (non-hydrogen) atoms. The second kappa shape index (κ2) is 9.32. The number of nitrogens with zero attached hydrogens (tertiary/aromatic N) is 1. The van der Waals surface area contributed by atoms with Crippen LogP contribution in [-0.2, 0) is 9.53 Å². The van der Waals surface area contributed by atoms with Crippen LogP contribution in [0, 0.1) is 0 Å². The fourth-order valence-electron chi connectivity index (χ4n) is 3.50. The first-order valence-corrected chi connectivity index (χ1v) is 9.87. The van der Waals surface area contributed by atoms with Crippen LogP contribution in [0.15, 0.2) is 48.5 Å². The summed E-state index contributed by atoms with van der Waals surface area (Å²) in [4.78, 5) is 27.6. The molecule has 0 spiro atoms. The fourth-order valence-corrected chi connectivity index (χ4v) is 3.67. The molecule has 3 rings (SSSR count). The molecule has 0 aliphatic carbocycles. The third-order valence-electron chi connectivity index (χ3n) is 4.69. The summed E-state index contributed by atoms with van der Waals surface area (Å²) in [6, 6.07) is 13.9. The average Bonchev–Trinajstić information content (AvgIpc) is 2.67. The molecule has 2 aromatic carbocycles. The highest BCUT2D eigenvalue weighted by molar-refractivity contribution is 6.31. The number of hydrogen-bond donors (Lipinski definition) is 1. The van der Waals surface area contributed by atoms with Crippen molar-refractivity contribution in [2.75, 3.05) is 25.0 Å². The van der Waals surface area contributed by atoms with E-state index in [1.54, 1.807) is 42.5 Å². The third kappa shape index (κ3) is 5.41. The monoisotopic (exact) mass is 400 g/mol. The van der Waals surface area contributed by atoms with Crippen LogP contribution in [-0.4, -0.2) is 48.4 Å². The minimum absolute atomic E-state index is 0.128. The molecule has 1 aliphatic heterocycles. The van der Waals surface area contributed by atoms with Crippen molar-refractivity contribution in [3.05, 3.63) is 64.7 Å². The van der Waals surface area contributed by atoms with Crippen LogP contribution in [0.3, 0.4) is 0 Å². The van der Waals surface area contributed by atoms with Crippen molar-refractivity contribution in [2.24, 2.45) is 0 Å². The summed E-state index contributed by atoms with van der Waals surface area (Å²) in [6.07, 6.45) is 0.678. The maximum Gasteiger partial charge on any atom is 0.225 e. The van der Waals surface area contributed by atoms with Crippen molar-refractivity contribution in [3.8, 4) is 0 Å². The molecule has 0 saturated carbocycles. The Balaban J connectivity index is 1.67. The van der Waals surface area contributed by atoms with Gasteiger partial charge < -0.3 is 10.1 Å². The first-order valence-electron chi connectivity index (χ1n) is 9.49. The second-order valence-electron chi connectivity index (χ2n) is 7.20.